The standard InChI is InChI=1S/C20H23NO6S/c1-4-26-19(22)14-21(28(24,25)16-10-7-6-8-11-16)18-13-9-12-17(15(18)3)20(23)27-5-2/h6-13H,4-5,14H2,1-3H3. The maximum Gasteiger partial charge on any atom is 0.338 e. The van der Waals surface area contributed by atoms with Gasteiger partial charge >= 0.3 is 11.9 Å². The van der Waals surface area contributed by atoms with Crippen molar-refractivity contribution in [1.29, 1.82) is 0 Å². The van der Waals surface area contributed by atoms with Crippen molar-refractivity contribution in [2.75, 3.05) is 24.1 Å². The molecule has 0 saturated carbocycles. The summed E-state index contributed by atoms with van der Waals surface area (Å²) in [5.41, 5.74) is 0.837. The molecule has 0 saturated heterocycles. The van der Waals surface area contributed by atoms with Crippen LogP contribution in [0, 0.1) is 6.92 Å². The maximum absolute atomic E-state index is 13.2. The molecule has 0 aliphatic heterocycles. The first-order valence-electron chi connectivity index (χ1n) is 8.83. The van der Waals surface area contributed by atoms with Crippen molar-refractivity contribution in [3.8, 4) is 0 Å². The van der Waals surface area contributed by atoms with Crippen LogP contribution in [0.1, 0.15) is 29.8 Å². The second kappa shape index (κ2) is 9.36. The number of hydrogen-bond acceptors (Lipinski definition) is 6. The number of ether oxygens (including phenoxy) is 2. The summed E-state index contributed by atoms with van der Waals surface area (Å²) in [5, 5.41) is 0. The lowest BCUT2D eigenvalue weighted by Gasteiger charge is -2.26. The van der Waals surface area contributed by atoms with Crippen LogP contribution in [0.5, 0.6) is 0 Å². The SMILES string of the molecule is CCOC(=O)CN(c1cccc(C(=O)OCC)c1C)S(=O)(=O)c1ccccc1. The van der Waals surface area contributed by atoms with E-state index in [0.717, 1.165) is 4.31 Å². The molecule has 8 heteroatoms. The van der Waals surface area contributed by atoms with E-state index in [2.05, 4.69) is 0 Å². The van der Waals surface area contributed by atoms with Crippen molar-refractivity contribution < 1.29 is 27.5 Å². The minimum Gasteiger partial charge on any atom is -0.465 e. The molecule has 0 aliphatic carbocycles. The lowest BCUT2D eigenvalue weighted by molar-refractivity contribution is -0.141. The van der Waals surface area contributed by atoms with Crippen molar-refractivity contribution in [2.24, 2.45) is 0 Å². The third-order valence-electron chi connectivity index (χ3n) is 3.98. The number of benzene rings is 2. The molecule has 0 unspecified atom stereocenters. The molecule has 2 aromatic rings. The Hall–Kier alpha value is -2.87. The highest BCUT2D eigenvalue weighted by Gasteiger charge is 2.30. The van der Waals surface area contributed by atoms with Gasteiger partial charge in [-0.05, 0) is 50.6 Å². The Labute approximate surface area is 164 Å². The third-order valence-corrected chi connectivity index (χ3v) is 5.75. The summed E-state index contributed by atoms with van der Waals surface area (Å²) < 4.78 is 37.4. The van der Waals surface area contributed by atoms with Gasteiger partial charge in [-0.3, -0.25) is 9.10 Å². The largest absolute Gasteiger partial charge is 0.465 e. The predicted octanol–water partition coefficient (Wildman–Crippen LogP) is 2.93. The Bertz CT molecular complexity index is 940. The van der Waals surface area contributed by atoms with Crippen LogP contribution in [0.25, 0.3) is 0 Å². The van der Waals surface area contributed by atoms with Crippen molar-refractivity contribution in [2.45, 2.75) is 25.7 Å². The van der Waals surface area contributed by atoms with Crippen molar-refractivity contribution in [1.82, 2.24) is 0 Å². The highest BCUT2D eigenvalue weighted by molar-refractivity contribution is 7.92. The van der Waals surface area contributed by atoms with Crippen LogP contribution in [0.2, 0.25) is 0 Å². The summed E-state index contributed by atoms with van der Waals surface area (Å²) in [5.74, 6) is -1.25. The molecule has 0 aliphatic rings. The summed E-state index contributed by atoms with van der Waals surface area (Å²) in [6.07, 6.45) is 0. The van der Waals surface area contributed by atoms with Gasteiger partial charge in [0.15, 0.2) is 0 Å². The maximum atomic E-state index is 13.2. The Morgan fingerprint density at radius 3 is 2.18 bits per heavy atom. The van der Waals surface area contributed by atoms with Gasteiger partial charge in [0.05, 0.1) is 29.4 Å². The minimum absolute atomic E-state index is 0.0280. The van der Waals surface area contributed by atoms with E-state index < -0.39 is 28.5 Å². The van der Waals surface area contributed by atoms with Crippen LogP contribution in [0.15, 0.2) is 53.4 Å². The molecule has 0 radical (unpaired) electrons. The fourth-order valence-corrected chi connectivity index (χ4v) is 4.15. The van der Waals surface area contributed by atoms with Gasteiger partial charge in [0.25, 0.3) is 10.0 Å². The molecule has 0 bridgehead atoms. The van der Waals surface area contributed by atoms with Gasteiger partial charge in [0, 0.05) is 0 Å². The fourth-order valence-electron chi connectivity index (χ4n) is 2.67. The third kappa shape index (κ3) is 4.69. The molecule has 2 rings (SSSR count). The zero-order valence-electron chi connectivity index (χ0n) is 16.0. The average molecular weight is 405 g/mol. The van der Waals surface area contributed by atoms with E-state index in [-0.39, 0.29) is 29.4 Å². The normalized spacial score (nSPS) is 11.0. The Balaban J connectivity index is 2.59. The first-order valence-corrected chi connectivity index (χ1v) is 10.3. The number of anilines is 1. The monoisotopic (exact) mass is 405 g/mol. The predicted molar refractivity (Wildman–Crippen MR) is 105 cm³/mol. The first-order chi connectivity index (χ1) is 13.3. The van der Waals surface area contributed by atoms with Gasteiger partial charge in [-0.25, -0.2) is 13.2 Å². The molecule has 150 valence electrons. The molecular formula is C20H23NO6S. The number of carbonyl (C=O) groups is 2. The molecule has 0 heterocycles. The van der Waals surface area contributed by atoms with E-state index in [0.29, 0.717) is 5.56 Å². The fraction of sp³-hybridized carbons (Fsp3) is 0.300. The number of nitrogens with zero attached hydrogens (tertiary/aromatic N) is 1. The van der Waals surface area contributed by atoms with Gasteiger partial charge in [0.2, 0.25) is 0 Å². The van der Waals surface area contributed by atoms with E-state index in [1.807, 2.05) is 0 Å². The molecule has 0 spiro atoms. The van der Waals surface area contributed by atoms with Crippen LogP contribution in [0.4, 0.5) is 5.69 Å². The molecule has 0 aromatic heterocycles. The molecule has 28 heavy (non-hydrogen) atoms. The topological polar surface area (TPSA) is 90.0 Å². The number of hydrogen-bond donors (Lipinski definition) is 0. The van der Waals surface area contributed by atoms with E-state index >= 15 is 0 Å². The van der Waals surface area contributed by atoms with Crippen molar-refractivity contribution in [3.63, 3.8) is 0 Å². The van der Waals surface area contributed by atoms with Crippen LogP contribution in [-0.4, -0.2) is 40.1 Å². The Morgan fingerprint density at radius 1 is 0.929 bits per heavy atom. The van der Waals surface area contributed by atoms with Gasteiger partial charge in [-0.1, -0.05) is 24.3 Å². The molecular weight excluding hydrogens is 382 g/mol. The van der Waals surface area contributed by atoms with Gasteiger partial charge in [0.1, 0.15) is 6.54 Å². The molecule has 7 nitrogen and oxygen atoms in total. The Morgan fingerprint density at radius 2 is 1.57 bits per heavy atom. The molecule has 0 N–H and O–H groups in total. The van der Waals surface area contributed by atoms with Crippen LogP contribution >= 0.6 is 0 Å². The molecule has 2 aromatic carbocycles. The van der Waals surface area contributed by atoms with Crippen LogP contribution < -0.4 is 4.31 Å². The van der Waals surface area contributed by atoms with Gasteiger partial charge in [-0.15, -0.1) is 0 Å². The summed E-state index contributed by atoms with van der Waals surface area (Å²) >= 11 is 0. The van der Waals surface area contributed by atoms with Gasteiger partial charge < -0.3 is 9.47 Å². The highest BCUT2D eigenvalue weighted by Crippen LogP contribution is 2.29. The van der Waals surface area contributed by atoms with E-state index in [1.54, 1.807) is 51.1 Å². The summed E-state index contributed by atoms with van der Waals surface area (Å²) in [6, 6.07) is 12.4. The molecule has 0 amide bonds. The summed E-state index contributed by atoms with van der Waals surface area (Å²) in [6.45, 7) is 4.74. The summed E-state index contributed by atoms with van der Waals surface area (Å²) in [7, 11) is -4.06. The van der Waals surface area contributed by atoms with Crippen molar-refractivity contribution >= 4 is 27.6 Å². The van der Waals surface area contributed by atoms with Crippen LogP contribution in [0.3, 0.4) is 0 Å². The smallest absolute Gasteiger partial charge is 0.338 e. The second-order valence-electron chi connectivity index (χ2n) is 5.80. The average Bonchev–Trinajstić information content (AvgIpc) is 2.67. The van der Waals surface area contributed by atoms with Crippen molar-refractivity contribution in [3.05, 3.63) is 59.7 Å². The summed E-state index contributed by atoms with van der Waals surface area (Å²) in [4.78, 5) is 24.3. The van der Waals surface area contributed by atoms with Crippen LogP contribution in [-0.2, 0) is 24.3 Å². The quantitative estimate of drug-likeness (QED) is 0.627. The minimum atomic E-state index is -4.06. The highest BCUT2D eigenvalue weighted by atomic mass is 32.2. The molecule has 0 fully saturated rings. The zero-order chi connectivity index (χ0) is 20.7. The Kier molecular flexibility index (Phi) is 7.17. The number of esters is 2. The van der Waals surface area contributed by atoms with E-state index in [9.17, 15) is 18.0 Å². The molecule has 0 atom stereocenters. The number of rotatable bonds is 8. The van der Waals surface area contributed by atoms with E-state index in [4.69, 9.17) is 9.47 Å². The number of carbonyl (C=O) groups excluding carboxylic acids is 2. The van der Waals surface area contributed by atoms with Gasteiger partial charge in [-0.2, -0.15) is 0 Å². The zero-order valence-corrected chi connectivity index (χ0v) is 16.9. The lowest BCUT2D eigenvalue weighted by Crippen LogP contribution is -2.37. The lowest BCUT2D eigenvalue weighted by atomic mass is 10.1. The second-order valence-corrected chi connectivity index (χ2v) is 7.66. The van der Waals surface area contributed by atoms with E-state index in [1.165, 1.54) is 18.2 Å². The number of sulfonamides is 1. The first kappa shape index (κ1) is 21.4.